The van der Waals surface area contributed by atoms with Crippen LogP contribution in [-0.4, -0.2) is 40.6 Å². The molecule has 0 aliphatic carbocycles. The maximum absolute atomic E-state index is 12.0. The van der Waals surface area contributed by atoms with Gasteiger partial charge in [0.2, 0.25) is 0 Å². The van der Waals surface area contributed by atoms with Crippen molar-refractivity contribution < 1.29 is 14.7 Å². The minimum Gasteiger partial charge on any atom is -0.480 e. The minimum atomic E-state index is -1.09. The number of hydrogen-bond donors (Lipinski definition) is 2. The number of terminal acetylenes is 1. The predicted octanol–water partition coefficient (Wildman–Crippen LogP) is 1.44. The molecule has 0 aromatic heterocycles. The molecule has 2 amide bonds. The van der Waals surface area contributed by atoms with E-state index >= 15 is 0 Å². The van der Waals surface area contributed by atoms with Gasteiger partial charge in [0.15, 0.2) is 0 Å². The van der Waals surface area contributed by atoms with E-state index in [9.17, 15) is 9.59 Å². The summed E-state index contributed by atoms with van der Waals surface area (Å²) in [6.07, 6.45) is 9.24. The molecule has 5 nitrogen and oxygen atoms in total. The lowest BCUT2D eigenvalue weighted by Crippen LogP contribution is -2.50. The van der Waals surface area contributed by atoms with Gasteiger partial charge in [-0.1, -0.05) is 12.8 Å². The zero-order valence-corrected chi connectivity index (χ0v) is 10.7. The number of aliphatic carboxylic acids is 1. The number of urea groups is 1. The van der Waals surface area contributed by atoms with Crippen LogP contribution in [0.3, 0.4) is 0 Å². The summed E-state index contributed by atoms with van der Waals surface area (Å²) in [5.41, 5.74) is 0. The standard InChI is InChI=1S/C13H20N2O3/c1-3-7-11(12(16)17)14-13(18)15-9-6-4-5-8-10(15)2/h1,10-11H,4-9H2,2H3,(H,14,18)(H,16,17). The van der Waals surface area contributed by atoms with Gasteiger partial charge in [0.25, 0.3) is 0 Å². The van der Waals surface area contributed by atoms with Crippen LogP contribution in [0.2, 0.25) is 0 Å². The molecule has 2 atom stereocenters. The van der Waals surface area contributed by atoms with Crippen LogP contribution >= 0.6 is 0 Å². The fourth-order valence-electron chi connectivity index (χ4n) is 2.13. The van der Waals surface area contributed by atoms with Crippen molar-refractivity contribution in [2.45, 2.75) is 51.1 Å². The number of amides is 2. The van der Waals surface area contributed by atoms with Crippen molar-refractivity contribution in [3.8, 4) is 12.3 Å². The summed E-state index contributed by atoms with van der Waals surface area (Å²) in [5, 5.41) is 11.4. The molecule has 0 saturated carbocycles. The molecule has 1 saturated heterocycles. The summed E-state index contributed by atoms with van der Waals surface area (Å²) < 4.78 is 0. The van der Waals surface area contributed by atoms with Crippen molar-refractivity contribution in [2.24, 2.45) is 0 Å². The van der Waals surface area contributed by atoms with Crippen molar-refractivity contribution in [3.05, 3.63) is 0 Å². The van der Waals surface area contributed by atoms with Gasteiger partial charge in [-0.15, -0.1) is 12.3 Å². The van der Waals surface area contributed by atoms with Crippen LogP contribution < -0.4 is 5.32 Å². The third kappa shape index (κ3) is 3.95. The highest BCUT2D eigenvalue weighted by molar-refractivity contribution is 5.83. The second-order valence-corrected chi connectivity index (χ2v) is 4.64. The lowest BCUT2D eigenvalue weighted by Gasteiger charge is -2.28. The highest BCUT2D eigenvalue weighted by Gasteiger charge is 2.26. The molecule has 100 valence electrons. The molecule has 1 heterocycles. The Morgan fingerprint density at radius 3 is 2.83 bits per heavy atom. The minimum absolute atomic E-state index is 0.00327. The van der Waals surface area contributed by atoms with Crippen LogP contribution in [0.25, 0.3) is 0 Å². The van der Waals surface area contributed by atoms with E-state index in [1.165, 1.54) is 0 Å². The van der Waals surface area contributed by atoms with Crippen molar-refractivity contribution in [1.82, 2.24) is 10.2 Å². The first-order valence-electron chi connectivity index (χ1n) is 6.29. The van der Waals surface area contributed by atoms with Crippen molar-refractivity contribution in [3.63, 3.8) is 0 Å². The number of rotatable bonds is 3. The summed E-state index contributed by atoms with van der Waals surface area (Å²) in [6.45, 7) is 2.66. The van der Waals surface area contributed by atoms with Gasteiger partial charge in [0, 0.05) is 19.0 Å². The molecule has 0 aromatic rings. The number of likely N-dealkylation sites (tertiary alicyclic amines) is 1. The Bertz CT molecular complexity index is 349. The SMILES string of the molecule is C#CCC(NC(=O)N1CCCCCC1C)C(=O)O. The first-order chi connectivity index (χ1) is 8.56. The lowest BCUT2D eigenvalue weighted by molar-refractivity contribution is -0.139. The summed E-state index contributed by atoms with van der Waals surface area (Å²) in [6, 6.07) is -1.18. The Kier molecular flexibility index (Phi) is 5.50. The molecular weight excluding hydrogens is 232 g/mol. The maximum atomic E-state index is 12.0. The topological polar surface area (TPSA) is 69.6 Å². The van der Waals surface area contributed by atoms with Crippen molar-refractivity contribution in [2.75, 3.05) is 6.54 Å². The van der Waals surface area contributed by atoms with E-state index in [0.29, 0.717) is 6.54 Å². The number of carbonyl (C=O) groups is 2. The van der Waals surface area contributed by atoms with Crippen LogP contribution in [0.5, 0.6) is 0 Å². The van der Waals surface area contributed by atoms with E-state index in [0.717, 1.165) is 25.7 Å². The van der Waals surface area contributed by atoms with Gasteiger partial charge >= 0.3 is 12.0 Å². The number of carboxylic acid groups (broad SMARTS) is 1. The Morgan fingerprint density at radius 2 is 2.22 bits per heavy atom. The van der Waals surface area contributed by atoms with E-state index in [1.54, 1.807) is 4.90 Å². The molecule has 18 heavy (non-hydrogen) atoms. The number of carboxylic acids is 1. The summed E-state index contributed by atoms with van der Waals surface area (Å²) in [5.74, 6) is 1.17. The van der Waals surface area contributed by atoms with Crippen LogP contribution in [0, 0.1) is 12.3 Å². The molecule has 0 spiro atoms. The maximum Gasteiger partial charge on any atom is 0.327 e. The fourth-order valence-corrected chi connectivity index (χ4v) is 2.13. The second-order valence-electron chi connectivity index (χ2n) is 4.64. The number of carbonyl (C=O) groups excluding carboxylic acids is 1. The molecule has 1 fully saturated rings. The average molecular weight is 252 g/mol. The molecule has 1 rings (SSSR count). The van der Waals surface area contributed by atoms with Gasteiger partial charge in [0.05, 0.1) is 0 Å². The van der Waals surface area contributed by atoms with Gasteiger partial charge in [0.1, 0.15) is 6.04 Å². The Balaban J connectivity index is 2.62. The third-order valence-corrected chi connectivity index (χ3v) is 3.23. The first kappa shape index (κ1) is 14.4. The first-order valence-corrected chi connectivity index (χ1v) is 6.29. The highest BCUT2D eigenvalue weighted by atomic mass is 16.4. The molecular formula is C13H20N2O3. The van der Waals surface area contributed by atoms with Gasteiger partial charge in [-0.05, 0) is 19.8 Å². The summed E-state index contributed by atoms with van der Waals surface area (Å²) >= 11 is 0. The second kappa shape index (κ2) is 6.90. The number of nitrogens with one attached hydrogen (secondary N) is 1. The average Bonchev–Trinajstić information content (AvgIpc) is 2.53. The van der Waals surface area contributed by atoms with E-state index in [4.69, 9.17) is 11.5 Å². The normalized spacial score (nSPS) is 21.6. The van der Waals surface area contributed by atoms with Gasteiger partial charge in [-0.2, -0.15) is 0 Å². The largest absolute Gasteiger partial charge is 0.480 e. The van der Waals surface area contributed by atoms with Crippen molar-refractivity contribution in [1.29, 1.82) is 0 Å². The van der Waals surface area contributed by atoms with E-state index in [-0.39, 0.29) is 18.5 Å². The van der Waals surface area contributed by atoms with Crippen LogP contribution in [-0.2, 0) is 4.79 Å². The highest BCUT2D eigenvalue weighted by Crippen LogP contribution is 2.16. The fraction of sp³-hybridized carbons (Fsp3) is 0.692. The molecule has 0 bridgehead atoms. The summed E-state index contributed by atoms with van der Waals surface area (Å²) in [7, 11) is 0. The van der Waals surface area contributed by atoms with E-state index in [1.807, 2.05) is 6.92 Å². The van der Waals surface area contributed by atoms with E-state index in [2.05, 4.69) is 11.2 Å². The zero-order valence-electron chi connectivity index (χ0n) is 10.7. The zero-order chi connectivity index (χ0) is 13.5. The number of nitrogens with zero attached hydrogens (tertiary/aromatic N) is 1. The Hall–Kier alpha value is -1.70. The molecule has 0 aromatic carbocycles. The van der Waals surface area contributed by atoms with Crippen molar-refractivity contribution >= 4 is 12.0 Å². The molecule has 2 unspecified atom stereocenters. The monoisotopic (exact) mass is 252 g/mol. The molecule has 1 aliphatic rings. The van der Waals surface area contributed by atoms with Gasteiger partial charge in [-0.25, -0.2) is 9.59 Å². The van der Waals surface area contributed by atoms with Gasteiger partial charge in [-0.3, -0.25) is 0 Å². The molecule has 1 aliphatic heterocycles. The Morgan fingerprint density at radius 1 is 1.50 bits per heavy atom. The van der Waals surface area contributed by atoms with Crippen LogP contribution in [0.4, 0.5) is 4.79 Å². The third-order valence-electron chi connectivity index (χ3n) is 3.23. The predicted molar refractivity (Wildman–Crippen MR) is 68.0 cm³/mol. The molecule has 0 radical (unpaired) electrons. The summed E-state index contributed by atoms with van der Waals surface area (Å²) in [4.78, 5) is 24.7. The van der Waals surface area contributed by atoms with Crippen LogP contribution in [0.15, 0.2) is 0 Å². The van der Waals surface area contributed by atoms with Gasteiger partial charge < -0.3 is 15.3 Å². The van der Waals surface area contributed by atoms with E-state index < -0.39 is 12.0 Å². The lowest BCUT2D eigenvalue weighted by atomic mass is 10.1. The molecule has 5 heteroatoms. The van der Waals surface area contributed by atoms with Crippen LogP contribution in [0.1, 0.15) is 39.0 Å². The smallest absolute Gasteiger partial charge is 0.327 e. The quantitative estimate of drug-likeness (QED) is 0.747. The Labute approximate surface area is 108 Å². The molecule has 2 N–H and O–H groups in total. The number of hydrogen-bond acceptors (Lipinski definition) is 2.